The summed E-state index contributed by atoms with van der Waals surface area (Å²) in [6.45, 7) is 8.25. The summed E-state index contributed by atoms with van der Waals surface area (Å²) >= 11 is 0. The van der Waals surface area contributed by atoms with Gasteiger partial charge in [0.1, 0.15) is 0 Å². The summed E-state index contributed by atoms with van der Waals surface area (Å²) in [6, 6.07) is -0.0897. The quantitative estimate of drug-likeness (QED) is 0.763. The van der Waals surface area contributed by atoms with E-state index in [4.69, 9.17) is 0 Å². The number of likely N-dealkylation sites (N-methyl/N-ethyl adjacent to an activating group) is 1. The Hall–Kier alpha value is -1.30. The van der Waals surface area contributed by atoms with Crippen molar-refractivity contribution in [3.8, 4) is 0 Å². The molecule has 2 atom stereocenters. The minimum absolute atomic E-state index is 0.0162. The molecule has 0 aromatic carbocycles. The van der Waals surface area contributed by atoms with E-state index in [1.165, 1.54) is 7.11 Å². The molecule has 1 rings (SSSR count). The van der Waals surface area contributed by atoms with Gasteiger partial charge in [0.25, 0.3) is 0 Å². The molecule has 20 heavy (non-hydrogen) atoms. The van der Waals surface area contributed by atoms with Crippen LogP contribution in [0.2, 0.25) is 0 Å². The average Bonchev–Trinajstić information content (AvgIpc) is 2.86. The molecule has 2 N–H and O–H groups in total. The molecule has 0 aliphatic carbocycles. The van der Waals surface area contributed by atoms with Crippen LogP contribution in [-0.2, 0) is 9.53 Å². The van der Waals surface area contributed by atoms with Crippen LogP contribution in [0.3, 0.4) is 0 Å². The van der Waals surface area contributed by atoms with Gasteiger partial charge in [-0.3, -0.25) is 9.69 Å². The SMILES string of the molecule is CCNC(=O)C1CCCN1CC(NC(=O)OC)C(C)C. The van der Waals surface area contributed by atoms with Crippen molar-refractivity contribution in [3.63, 3.8) is 0 Å². The summed E-state index contributed by atoms with van der Waals surface area (Å²) in [7, 11) is 1.36. The lowest BCUT2D eigenvalue weighted by Gasteiger charge is -2.30. The number of alkyl carbamates (subject to hydrolysis) is 1. The molecule has 1 saturated heterocycles. The zero-order chi connectivity index (χ0) is 15.1. The minimum Gasteiger partial charge on any atom is -0.453 e. The van der Waals surface area contributed by atoms with Gasteiger partial charge in [0.15, 0.2) is 0 Å². The number of likely N-dealkylation sites (tertiary alicyclic amines) is 1. The van der Waals surface area contributed by atoms with Crippen LogP contribution >= 0.6 is 0 Å². The van der Waals surface area contributed by atoms with Crippen LogP contribution in [0.4, 0.5) is 4.79 Å². The Kier molecular flexibility index (Phi) is 6.78. The molecule has 1 aliphatic heterocycles. The Balaban J connectivity index is 2.62. The fourth-order valence-electron chi connectivity index (χ4n) is 2.52. The summed E-state index contributed by atoms with van der Waals surface area (Å²) in [4.78, 5) is 25.6. The number of amides is 2. The Morgan fingerprint density at radius 2 is 2.10 bits per heavy atom. The summed E-state index contributed by atoms with van der Waals surface area (Å²) in [6.07, 6.45) is 1.48. The van der Waals surface area contributed by atoms with Crippen molar-refractivity contribution in [1.82, 2.24) is 15.5 Å². The van der Waals surface area contributed by atoms with Gasteiger partial charge in [-0.05, 0) is 32.2 Å². The second kappa shape index (κ2) is 8.09. The van der Waals surface area contributed by atoms with Gasteiger partial charge in [0.05, 0.1) is 13.2 Å². The lowest BCUT2D eigenvalue weighted by Crippen LogP contribution is -2.51. The van der Waals surface area contributed by atoms with Gasteiger partial charge < -0.3 is 15.4 Å². The summed E-state index contributed by atoms with van der Waals surface area (Å²) in [5.74, 6) is 0.371. The van der Waals surface area contributed by atoms with E-state index >= 15 is 0 Å². The predicted molar refractivity (Wildman–Crippen MR) is 77.4 cm³/mol. The van der Waals surface area contributed by atoms with E-state index in [0.717, 1.165) is 19.4 Å². The van der Waals surface area contributed by atoms with Crippen LogP contribution in [0.15, 0.2) is 0 Å². The molecule has 0 bridgehead atoms. The molecule has 6 nitrogen and oxygen atoms in total. The van der Waals surface area contributed by atoms with Gasteiger partial charge in [-0.2, -0.15) is 0 Å². The fourth-order valence-corrected chi connectivity index (χ4v) is 2.52. The normalized spacial score (nSPS) is 20.8. The largest absolute Gasteiger partial charge is 0.453 e. The second-order valence-corrected chi connectivity index (χ2v) is 5.53. The van der Waals surface area contributed by atoms with Crippen LogP contribution in [0.1, 0.15) is 33.6 Å². The first kappa shape index (κ1) is 16.8. The van der Waals surface area contributed by atoms with Crippen molar-refractivity contribution in [2.75, 3.05) is 26.7 Å². The van der Waals surface area contributed by atoms with Crippen LogP contribution in [0, 0.1) is 5.92 Å². The number of hydrogen-bond acceptors (Lipinski definition) is 4. The number of hydrogen-bond donors (Lipinski definition) is 2. The van der Waals surface area contributed by atoms with Gasteiger partial charge in [0.2, 0.25) is 5.91 Å². The third kappa shape index (κ3) is 4.67. The van der Waals surface area contributed by atoms with E-state index in [0.29, 0.717) is 13.1 Å². The van der Waals surface area contributed by atoms with Crippen LogP contribution in [0.5, 0.6) is 0 Å². The smallest absolute Gasteiger partial charge is 0.407 e. The van der Waals surface area contributed by atoms with Gasteiger partial charge in [-0.1, -0.05) is 13.8 Å². The van der Waals surface area contributed by atoms with Crippen LogP contribution in [-0.4, -0.2) is 55.7 Å². The van der Waals surface area contributed by atoms with E-state index in [9.17, 15) is 9.59 Å². The highest BCUT2D eigenvalue weighted by Crippen LogP contribution is 2.19. The number of rotatable bonds is 6. The van der Waals surface area contributed by atoms with E-state index < -0.39 is 6.09 Å². The van der Waals surface area contributed by atoms with Gasteiger partial charge in [-0.25, -0.2) is 4.79 Å². The number of carbonyl (C=O) groups excluding carboxylic acids is 2. The number of carbonyl (C=O) groups is 2. The summed E-state index contributed by atoms with van der Waals surface area (Å²) < 4.78 is 4.66. The maximum Gasteiger partial charge on any atom is 0.407 e. The number of ether oxygens (including phenoxy) is 1. The lowest BCUT2D eigenvalue weighted by molar-refractivity contribution is -0.125. The van der Waals surface area contributed by atoms with Crippen molar-refractivity contribution < 1.29 is 14.3 Å². The number of nitrogens with zero attached hydrogens (tertiary/aromatic N) is 1. The topological polar surface area (TPSA) is 70.7 Å². The zero-order valence-corrected chi connectivity index (χ0v) is 12.9. The molecule has 116 valence electrons. The Bertz CT molecular complexity index is 334. The Morgan fingerprint density at radius 3 is 2.65 bits per heavy atom. The van der Waals surface area contributed by atoms with Gasteiger partial charge >= 0.3 is 6.09 Å². The fraction of sp³-hybridized carbons (Fsp3) is 0.857. The maximum absolute atomic E-state index is 12.0. The van der Waals surface area contributed by atoms with Gasteiger partial charge in [-0.15, -0.1) is 0 Å². The first-order valence-corrected chi connectivity index (χ1v) is 7.35. The first-order chi connectivity index (χ1) is 9.49. The molecule has 0 aromatic rings. The number of methoxy groups -OCH3 is 1. The lowest BCUT2D eigenvalue weighted by atomic mass is 10.0. The predicted octanol–water partition coefficient (Wildman–Crippen LogP) is 0.968. The summed E-state index contributed by atoms with van der Waals surface area (Å²) in [5, 5.41) is 5.73. The summed E-state index contributed by atoms with van der Waals surface area (Å²) in [5.41, 5.74) is 0. The average molecular weight is 285 g/mol. The molecular weight excluding hydrogens is 258 g/mol. The Labute approximate surface area is 121 Å². The highest BCUT2D eigenvalue weighted by atomic mass is 16.5. The number of nitrogens with one attached hydrogen (secondary N) is 2. The van der Waals surface area contributed by atoms with Crippen LogP contribution < -0.4 is 10.6 Å². The molecule has 0 aromatic heterocycles. The van der Waals surface area contributed by atoms with Gasteiger partial charge in [0, 0.05) is 19.1 Å². The van der Waals surface area contributed by atoms with Crippen molar-refractivity contribution in [1.29, 1.82) is 0 Å². The maximum atomic E-state index is 12.0. The van der Waals surface area contributed by atoms with E-state index in [2.05, 4.69) is 34.1 Å². The first-order valence-electron chi connectivity index (χ1n) is 7.35. The molecular formula is C14H27N3O3. The molecule has 1 aliphatic rings. The highest BCUT2D eigenvalue weighted by Gasteiger charge is 2.32. The molecule has 2 unspecified atom stereocenters. The van der Waals surface area contributed by atoms with Crippen molar-refractivity contribution >= 4 is 12.0 Å². The van der Waals surface area contributed by atoms with E-state index in [1.807, 2.05) is 6.92 Å². The van der Waals surface area contributed by atoms with Crippen LogP contribution in [0.25, 0.3) is 0 Å². The highest BCUT2D eigenvalue weighted by molar-refractivity contribution is 5.82. The molecule has 1 heterocycles. The molecule has 6 heteroatoms. The molecule has 1 fully saturated rings. The third-order valence-electron chi connectivity index (χ3n) is 3.74. The molecule has 2 amide bonds. The molecule has 0 radical (unpaired) electrons. The van der Waals surface area contributed by atoms with Crippen molar-refractivity contribution in [2.24, 2.45) is 5.92 Å². The minimum atomic E-state index is -0.419. The monoisotopic (exact) mass is 285 g/mol. The zero-order valence-electron chi connectivity index (χ0n) is 12.9. The Morgan fingerprint density at radius 1 is 1.40 bits per heavy atom. The second-order valence-electron chi connectivity index (χ2n) is 5.53. The van der Waals surface area contributed by atoms with E-state index in [1.54, 1.807) is 0 Å². The standard InChI is InChI=1S/C14H27N3O3/c1-5-15-13(18)12-7-6-8-17(12)9-11(10(2)3)16-14(19)20-4/h10-12H,5-9H2,1-4H3,(H,15,18)(H,16,19). The molecule has 0 saturated carbocycles. The third-order valence-corrected chi connectivity index (χ3v) is 3.74. The van der Waals surface area contributed by atoms with Crippen molar-refractivity contribution in [2.45, 2.75) is 45.7 Å². The van der Waals surface area contributed by atoms with E-state index in [-0.39, 0.29) is 23.9 Å². The molecule has 0 spiro atoms. The van der Waals surface area contributed by atoms with Crippen molar-refractivity contribution in [3.05, 3.63) is 0 Å².